The van der Waals surface area contributed by atoms with Gasteiger partial charge in [0.1, 0.15) is 10.8 Å². The van der Waals surface area contributed by atoms with Crippen LogP contribution in [0.1, 0.15) is 28.6 Å². The van der Waals surface area contributed by atoms with Gasteiger partial charge in [-0.05, 0) is 18.6 Å². The molecule has 0 unspecified atom stereocenters. The van der Waals surface area contributed by atoms with E-state index in [-0.39, 0.29) is 23.3 Å². The highest BCUT2D eigenvalue weighted by Crippen LogP contribution is 2.39. The number of aromatic nitrogens is 4. The highest BCUT2D eigenvalue weighted by molar-refractivity contribution is 6.29. The molecule has 0 aromatic carbocycles. The van der Waals surface area contributed by atoms with E-state index in [1.807, 2.05) is 6.92 Å². The summed E-state index contributed by atoms with van der Waals surface area (Å²) in [5.41, 5.74) is 1.12. The van der Waals surface area contributed by atoms with Crippen LogP contribution in [-0.4, -0.2) is 19.2 Å². The van der Waals surface area contributed by atoms with Gasteiger partial charge >= 0.3 is 6.18 Å². The first kappa shape index (κ1) is 18.3. The molecule has 1 atom stereocenters. The molecule has 0 amide bonds. The average Bonchev–Trinajstić information content (AvgIpc) is 3.30. The Morgan fingerprint density at radius 3 is 2.68 bits per heavy atom. The maximum Gasteiger partial charge on any atom is 0.435 e. The third-order valence-electron chi connectivity index (χ3n) is 4.45. The third kappa shape index (κ3) is 3.05. The zero-order valence-corrected chi connectivity index (χ0v) is 15.1. The van der Waals surface area contributed by atoms with Crippen molar-refractivity contribution in [3.63, 3.8) is 0 Å². The van der Waals surface area contributed by atoms with Crippen LogP contribution in [0.15, 0.2) is 40.7 Å². The maximum absolute atomic E-state index is 12.8. The summed E-state index contributed by atoms with van der Waals surface area (Å²) >= 11 is 5.84. The van der Waals surface area contributed by atoms with Crippen molar-refractivity contribution in [2.24, 2.45) is 0 Å². The minimum Gasteiger partial charge on any atom is -0.269 e. The van der Waals surface area contributed by atoms with Gasteiger partial charge in [-0.1, -0.05) is 23.7 Å². The zero-order valence-electron chi connectivity index (χ0n) is 14.3. The van der Waals surface area contributed by atoms with E-state index in [0.29, 0.717) is 16.9 Å². The van der Waals surface area contributed by atoms with E-state index < -0.39 is 17.4 Å². The van der Waals surface area contributed by atoms with Crippen molar-refractivity contribution >= 4 is 17.2 Å². The second kappa shape index (κ2) is 6.21. The van der Waals surface area contributed by atoms with Gasteiger partial charge in [0.25, 0.3) is 5.56 Å². The van der Waals surface area contributed by atoms with Gasteiger partial charge in [0.15, 0.2) is 5.69 Å². The molecule has 0 aliphatic heterocycles. The molecule has 4 rings (SSSR count). The number of hydrogen-bond donors (Lipinski definition) is 0. The Morgan fingerprint density at radius 2 is 2.07 bits per heavy atom. The molecular formula is C18H11ClF3N5O. The second-order valence-corrected chi connectivity index (χ2v) is 6.79. The van der Waals surface area contributed by atoms with Crippen molar-refractivity contribution in [3.8, 4) is 6.07 Å². The van der Waals surface area contributed by atoms with E-state index in [4.69, 9.17) is 16.9 Å². The lowest BCUT2D eigenvalue weighted by molar-refractivity contribution is -0.141. The van der Waals surface area contributed by atoms with Crippen LogP contribution in [-0.2, 0) is 12.7 Å². The Bertz CT molecular complexity index is 1250. The SMILES string of the molecule is Cc1ccc2nc(Cn3nc(C(F)(F)F)cc3Cl)cc(=O)n2c1[C@@H]1C=C1C#N. The predicted octanol–water partition coefficient (Wildman–Crippen LogP) is 3.47. The highest BCUT2D eigenvalue weighted by atomic mass is 35.5. The largest absolute Gasteiger partial charge is 0.435 e. The van der Waals surface area contributed by atoms with Crippen molar-refractivity contribution in [1.29, 1.82) is 5.26 Å². The molecule has 0 bridgehead atoms. The number of allylic oxidation sites excluding steroid dienone is 2. The number of halogens is 4. The van der Waals surface area contributed by atoms with Crippen LogP contribution in [0.3, 0.4) is 0 Å². The number of nitrogens with zero attached hydrogens (tertiary/aromatic N) is 5. The molecule has 3 heterocycles. The van der Waals surface area contributed by atoms with Crippen LogP contribution in [0, 0.1) is 18.3 Å². The molecule has 1 aliphatic rings. The summed E-state index contributed by atoms with van der Waals surface area (Å²) in [5, 5.41) is 12.3. The summed E-state index contributed by atoms with van der Waals surface area (Å²) in [6, 6.07) is 7.45. The van der Waals surface area contributed by atoms with Crippen molar-refractivity contribution in [2.75, 3.05) is 0 Å². The van der Waals surface area contributed by atoms with Crippen molar-refractivity contribution in [1.82, 2.24) is 19.2 Å². The zero-order chi connectivity index (χ0) is 20.2. The van der Waals surface area contributed by atoms with E-state index in [1.54, 1.807) is 18.2 Å². The molecule has 10 heteroatoms. The van der Waals surface area contributed by atoms with Crippen molar-refractivity contribution in [3.05, 3.63) is 74.1 Å². The van der Waals surface area contributed by atoms with E-state index in [2.05, 4.69) is 16.2 Å². The quantitative estimate of drug-likeness (QED) is 0.668. The van der Waals surface area contributed by atoms with Crippen LogP contribution >= 0.6 is 11.6 Å². The number of pyridine rings is 1. The lowest BCUT2D eigenvalue weighted by Gasteiger charge is -2.12. The van der Waals surface area contributed by atoms with E-state index >= 15 is 0 Å². The normalized spacial score (nSPS) is 16.1. The highest BCUT2D eigenvalue weighted by Gasteiger charge is 2.35. The topological polar surface area (TPSA) is 76.0 Å². The molecule has 1 aliphatic carbocycles. The average molecular weight is 406 g/mol. The third-order valence-corrected chi connectivity index (χ3v) is 4.76. The van der Waals surface area contributed by atoms with Crippen molar-refractivity contribution in [2.45, 2.75) is 25.6 Å². The predicted molar refractivity (Wildman–Crippen MR) is 94.0 cm³/mol. The molecule has 6 nitrogen and oxygen atoms in total. The molecule has 0 N–H and O–H groups in total. The van der Waals surface area contributed by atoms with E-state index in [9.17, 15) is 18.0 Å². The van der Waals surface area contributed by atoms with Gasteiger partial charge in [-0.3, -0.25) is 9.20 Å². The summed E-state index contributed by atoms with van der Waals surface area (Å²) < 4.78 is 40.7. The number of fused-ring (bicyclic) bond motifs is 1. The van der Waals surface area contributed by atoms with Crippen LogP contribution < -0.4 is 5.56 Å². The van der Waals surface area contributed by atoms with Gasteiger partial charge in [-0.2, -0.15) is 23.5 Å². The molecule has 0 saturated heterocycles. The molecular weight excluding hydrogens is 395 g/mol. The molecule has 0 saturated carbocycles. The molecule has 0 fully saturated rings. The van der Waals surface area contributed by atoms with Crippen LogP contribution in [0.5, 0.6) is 0 Å². The summed E-state index contributed by atoms with van der Waals surface area (Å²) in [7, 11) is 0. The Hall–Kier alpha value is -3.12. The number of hydrogen-bond acceptors (Lipinski definition) is 4. The van der Waals surface area contributed by atoms with Gasteiger partial charge in [0.05, 0.1) is 24.2 Å². The number of alkyl halides is 3. The first-order valence-corrected chi connectivity index (χ1v) is 8.51. The second-order valence-electron chi connectivity index (χ2n) is 6.40. The first-order chi connectivity index (χ1) is 13.2. The van der Waals surface area contributed by atoms with Crippen LogP contribution in [0.2, 0.25) is 5.15 Å². The van der Waals surface area contributed by atoms with Crippen molar-refractivity contribution < 1.29 is 13.2 Å². The molecule has 3 aromatic rings. The molecule has 0 radical (unpaired) electrons. The van der Waals surface area contributed by atoms with Crippen LogP contribution in [0.4, 0.5) is 13.2 Å². The number of rotatable bonds is 3. The molecule has 0 spiro atoms. The summed E-state index contributed by atoms with van der Waals surface area (Å²) in [5.74, 6) is -0.228. The Labute approximate surface area is 161 Å². The van der Waals surface area contributed by atoms with E-state index in [0.717, 1.165) is 16.3 Å². The van der Waals surface area contributed by atoms with Crippen LogP contribution in [0.25, 0.3) is 5.65 Å². The lowest BCUT2D eigenvalue weighted by atomic mass is 10.1. The summed E-state index contributed by atoms with van der Waals surface area (Å²) in [4.78, 5) is 17.1. The van der Waals surface area contributed by atoms with E-state index in [1.165, 1.54) is 10.5 Å². The fourth-order valence-corrected chi connectivity index (χ4v) is 3.29. The maximum atomic E-state index is 12.8. The fourth-order valence-electron chi connectivity index (χ4n) is 3.09. The van der Waals surface area contributed by atoms with Gasteiger partial charge in [0, 0.05) is 23.4 Å². The Kier molecular flexibility index (Phi) is 4.05. The molecule has 3 aromatic heterocycles. The summed E-state index contributed by atoms with van der Waals surface area (Å²) in [6.07, 6.45) is -2.86. The smallest absolute Gasteiger partial charge is 0.269 e. The minimum absolute atomic E-state index is 0.186. The monoisotopic (exact) mass is 405 g/mol. The molecule has 28 heavy (non-hydrogen) atoms. The van der Waals surface area contributed by atoms with Gasteiger partial charge < -0.3 is 0 Å². The summed E-state index contributed by atoms with van der Waals surface area (Å²) in [6.45, 7) is 1.65. The van der Waals surface area contributed by atoms with Gasteiger partial charge in [0.2, 0.25) is 0 Å². The first-order valence-electron chi connectivity index (χ1n) is 8.13. The fraction of sp³-hybridized carbons (Fsp3) is 0.222. The number of nitriles is 1. The Balaban J connectivity index is 1.76. The Morgan fingerprint density at radius 1 is 1.32 bits per heavy atom. The minimum atomic E-state index is -4.62. The number of aryl methyl sites for hydroxylation is 1. The lowest BCUT2D eigenvalue weighted by Crippen LogP contribution is -2.21. The standard InChI is InChI=1S/C18H11ClF3N5O/c1-9-2-3-15-24-11(8-26-14(19)6-13(25-26)18(20,21)22)5-16(28)27(15)17(9)12-4-10(12)7-23/h2-6,12H,8H2,1H3/t12-/m1/s1. The van der Waals surface area contributed by atoms with Gasteiger partial charge in [-0.25, -0.2) is 9.67 Å². The molecule has 142 valence electrons. The van der Waals surface area contributed by atoms with Gasteiger partial charge in [-0.15, -0.1) is 0 Å².